The molecule has 1 aromatic heterocycles. The zero-order valence-electron chi connectivity index (χ0n) is 27.1. The molecule has 0 aliphatic carbocycles. The van der Waals surface area contributed by atoms with Gasteiger partial charge in [0.1, 0.15) is 5.82 Å². The van der Waals surface area contributed by atoms with Gasteiger partial charge in [0.05, 0.1) is 11.4 Å². The predicted molar refractivity (Wildman–Crippen MR) is 207 cm³/mol. The van der Waals surface area contributed by atoms with E-state index >= 15 is 0 Å². The van der Waals surface area contributed by atoms with Crippen molar-refractivity contribution in [2.45, 2.75) is 13.5 Å². The van der Waals surface area contributed by atoms with Crippen LogP contribution in [0.15, 0.2) is 176 Å². The molecule has 0 fully saturated rings. The molecular weight excluding hydrogens is 599 g/mol. The topological polar surface area (TPSA) is 17.8 Å². The lowest BCUT2D eigenvalue weighted by atomic mass is 10.0. The van der Waals surface area contributed by atoms with Crippen LogP contribution in [0.5, 0.6) is 0 Å². The van der Waals surface area contributed by atoms with Gasteiger partial charge in [-0.05, 0) is 46.8 Å². The number of hydrogen-bond donors (Lipinski definition) is 0. The summed E-state index contributed by atoms with van der Waals surface area (Å²) < 4.78 is 2.44. The molecule has 6 aromatic carbocycles. The number of imidazole rings is 1. The number of aromatic nitrogens is 2. The zero-order valence-corrected chi connectivity index (χ0v) is 28.0. The highest BCUT2D eigenvalue weighted by molar-refractivity contribution is 7.80. The van der Waals surface area contributed by atoms with Crippen LogP contribution in [0.1, 0.15) is 12.5 Å². The summed E-state index contributed by atoms with van der Waals surface area (Å²) in [6, 6.07) is 58.5. The minimum Gasteiger partial charge on any atom is -0.319 e. The Balaban J connectivity index is 1.64. The Kier molecular flexibility index (Phi) is 9.36. The van der Waals surface area contributed by atoms with Crippen molar-refractivity contribution in [2.75, 3.05) is 0 Å². The van der Waals surface area contributed by atoms with E-state index in [4.69, 9.17) is 4.98 Å². The first-order valence-electron chi connectivity index (χ1n) is 16.3. The fourth-order valence-corrected chi connectivity index (χ4v) is 8.92. The lowest BCUT2D eigenvalue weighted by Gasteiger charge is -2.23. The second-order valence-electron chi connectivity index (χ2n) is 11.6. The molecular formula is C45H37N2P. The Morgan fingerprint density at radius 3 is 1.69 bits per heavy atom. The number of hydrogen-bond acceptors (Lipinski definition) is 1. The van der Waals surface area contributed by atoms with E-state index in [-0.39, 0.29) is 0 Å². The van der Waals surface area contributed by atoms with Gasteiger partial charge in [0.25, 0.3) is 0 Å². The van der Waals surface area contributed by atoms with E-state index in [1.807, 2.05) is 6.08 Å². The van der Waals surface area contributed by atoms with E-state index in [0.29, 0.717) is 6.54 Å². The van der Waals surface area contributed by atoms with Gasteiger partial charge in [-0.15, -0.1) is 0 Å². The number of allylic oxidation sites excluding steroid dienone is 1. The Bertz CT molecular complexity index is 2220. The van der Waals surface area contributed by atoms with E-state index in [9.17, 15) is 0 Å². The Labute approximate surface area is 284 Å². The lowest BCUT2D eigenvalue weighted by molar-refractivity contribution is 0.814. The quantitative estimate of drug-likeness (QED) is 0.145. The summed E-state index contributed by atoms with van der Waals surface area (Å²) in [5.74, 6) is 0.957. The van der Waals surface area contributed by atoms with Gasteiger partial charge in [-0.1, -0.05) is 189 Å². The maximum Gasteiger partial charge on any atom is 0.142 e. The van der Waals surface area contributed by atoms with E-state index in [0.717, 1.165) is 44.3 Å². The Morgan fingerprint density at radius 1 is 0.625 bits per heavy atom. The van der Waals surface area contributed by atoms with Crippen molar-refractivity contribution in [3.8, 4) is 33.9 Å². The fourth-order valence-electron chi connectivity index (χ4n) is 6.46. The Hall–Kier alpha value is -5.56. The first kappa shape index (κ1) is 31.1. The number of benzene rings is 6. The van der Waals surface area contributed by atoms with E-state index in [2.05, 4.69) is 194 Å². The van der Waals surface area contributed by atoms with Gasteiger partial charge in [-0.2, -0.15) is 0 Å². The van der Waals surface area contributed by atoms with E-state index in [1.54, 1.807) is 0 Å². The predicted octanol–water partition coefficient (Wildman–Crippen LogP) is 8.46. The number of rotatable bonds is 9. The summed E-state index contributed by atoms with van der Waals surface area (Å²) >= 11 is 0. The maximum absolute atomic E-state index is 5.68. The van der Waals surface area contributed by atoms with Crippen LogP contribution in [0, 0.1) is 0 Å². The van der Waals surface area contributed by atoms with Crippen molar-refractivity contribution in [2.24, 2.45) is 0 Å². The van der Waals surface area contributed by atoms with Crippen LogP contribution in [0.4, 0.5) is 0 Å². The highest BCUT2D eigenvalue weighted by Gasteiger charge is 2.27. The molecule has 0 amide bonds. The van der Waals surface area contributed by atoms with Gasteiger partial charge >= 0.3 is 0 Å². The smallest absolute Gasteiger partial charge is 0.142 e. The summed E-state index contributed by atoms with van der Waals surface area (Å²) in [5.41, 5.74) is 6.69. The normalized spacial score (nSPS) is 12.0. The second-order valence-corrected chi connectivity index (χ2v) is 13.8. The second kappa shape index (κ2) is 14.5. The number of nitrogens with zero attached hydrogens (tertiary/aromatic N) is 2. The summed E-state index contributed by atoms with van der Waals surface area (Å²) in [4.78, 5) is 5.68. The molecule has 0 saturated heterocycles. The molecule has 0 unspecified atom stereocenters. The standard InChI is InChI=1S/C45H37N2P/c1-3-20-35-31-32-41(48(38-27-16-8-17-28-38)39-29-18-9-19-30-39)42(40(35)4-2)45-46-43(36-23-12-6-13-24-36)44(37-25-14-7-15-26-37)47(45)33-34-21-10-5-11-22-34/h3-32H,1,33H2,2H3/b35-20-,40-4+. The first-order chi connectivity index (χ1) is 23.8. The molecule has 232 valence electrons. The van der Waals surface area contributed by atoms with Crippen molar-refractivity contribution in [1.29, 1.82) is 0 Å². The SMILES string of the molecule is C=C/C=c1/ccc(P(c2ccccc2)c2ccccc2)c(-c2nc(-c3ccccc3)c(-c3ccccc3)n2Cc2ccccc2)/c1=C/C. The molecule has 2 nitrogen and oxygen atoms in total. The minimum absolute atomic E-state index is 0.673. The molecule has 0 radical (unpaired) electrons. The molecule has 1 heterocycles. The summed E-state index contributed by atoms with van der Waals surface area (Å²) in [6.45, 7) is 6.88. The van der Waals surface area contributed by atoms with Crippen molar-refractivity contribution >= 4 is 36.0 Å². The van der Waals surface area contributed by atoms with Crippen LogP contribution in [0.3, 0.4) is 0 Å². The third-order valence-corrected chi connectivity index (χ3v) is 11.1. The third-order valence-electron chi connectivity index (χ3n) is 8.58. The van der Waals surface area contributed by atoms with Gasteiger partial charge in [0.2, 0.25) is 0 Å². The average Bonchev–Trinajstić information content (AvgIpc) is 3.52. The molecule has 0 spiro atoms. The van der Waals surface area contributed by atoms with Crippen LogP contribution in [-0.2, 0) is 6.54 Å². The fraction of sp³-hybridized carbons (Fsp3) is 0.0444. The van der Waals surface area contributed by atoms with Gasteiger partial charge in [0.15, 0.2) is 0 Å². The lowest BCUT2D eigenvalue weighted by Crippen LogP contribution is -2.35. The molecule has 0 aliphatic heterocycles. The molecule has 7 rings (SSSR count). The highest BCUT2D eigenvalue weighted by atomic mass is 31.1. The van der Waals surface area contributed by atoms with Crippen LogP contribution < -0.4 is 26.4 Å². The minimum atomic E-state index is -0.928. The van der Waals surface area contributed by atoms with Crippen LogP contribution in [-0.4, -0.2) is 9.55 Å². The molecule has 0 atom stereocenters. The van der Waals surface area contributed by atoms with Crippen LogP contribution >= 0.6 is 7.92 Å². The summed E-state index contributed by atoms with van der Waals surface area (Å²) in [6.07, 6.45) is 6.23. The Morgan fingerprint density at radius 2 is 1.15 bits per heavy atom. The summed E-state index contributed by atoms with van der Waals surface area (Å²) in [7, 11) is -0.928. The molecule has 7 aromatic rings. The molecule has 3 heteroatoms. The van der Waals surface area contributed by atoms with E-state index in [1.165, 1.54) is 21.5 Å². The van der Waals surface area contributed by atoms with Gasteiger partial charge in [0, 0.05) is 23.2 Å². The molecule has 0 saturated carbocycles. The molecule has 0 N–H and O–H groups in total. The van der Waals surface area contributed by atoms with Crippen LogP contribution in [0.2, 0.25) is 0 Å². The van der Waals surface area contributed by atoms with Crippen LogP contribution in [0.25, 0.3) is 46.1 Å². The third kappa shape index (κ3) is 6.24. The largest absolute Gasteiger partial charge is 0.319 e. The van der Waals surface area contributed by atoms with Crippen molar-refractivity contribution in [1.82, 2.24) is 9.55 Å². The molecule has 48 heavy (non-hydrogen) atoms. The van der Waals surface area contributed by atoms with Crippen molar-refractivity contribution in [3.63, 3.8) is 0 Å². The highest BCUT2D eigenvalue weighted by Crippen LogP contribution is 2.40. The summed E-state index contributed by atoms with van der Waals surface area (Å²) in [5, 5.41) is 6.16. The zero-order chi connectivity index (χ0) is 32.7. The molecule has 0 aliphatic rings. The van der Waals surface area contributed by atoms with E-state index < -0.39 is 7.92 Å². The molecule has 0 bridgehead atoms. The maximum atomic E-state index is 5.68. The monoisotopic (exact) mass is 636 g/mol. The van der Waals surface area contributed by atoms with Crippen molar-refractivity contribution < 1.29 is 0 Å². The first-order valence-corrected chi connectivity index (χ1v) is 17.7. The van der Waals surface area contributed by atoms with Gasteiger partial charge in [-0.3, -0.25) is 0 Å². The van der Waals surface area contributed by atoms with Gasteiger partial charge < -0.3 is 4.57 Å². The van der Waals surface area contributed by atoms with Gasteiger partial charge in [-0.25, -0.2) is 4.98 Å². The average molecular weight is 637 g/mol. The van der Waals surface area contributed by atoms with Crippen molar-refractivity contribution in [3.05, 3.63) is 192 Å².